The van der Waals surface area contributed by atoms with Crippen molar-refractivity contribution in [3.63, 3.8) is 0 Å². The molecule has 0 saturated heterocycles. The third-order valence-corrected chi connectivity index (χ3v) is 5.23. The number of carbonyl (C=O) groups is 2. The molecule has 30 heavy (non-hydrogen) atoms. The number of halogens is 1. The summed E-state index contributed by atoms with van der Waals surface area (Å²) in [5.74, 6) is -1.32. The molecule has 0 fully saturated rings. The second-order valence-corrected chi connectivity index (χ2v) is 7.32. The quantitative estimate of drug-likeness (QED) is 0.289. The van der Waals surface area contributed by atoms with Gasteiger partial charge in [-0.2, -0.15) is 0 Å². The highest BCUT2D eigenvalue weighted by atomic mass is 79.9. The first-order chi connectivity index (χ1) is 14.4. The average Bonchev–Trinajstić information content (AvgIpc) is 2.75. The van der Waals surface area contributed by atoms with E-state index in [0.29, 0.717) is 22.3 Å². The van der Waals surface area contributed by atoms with Gasteiger partial charge in [-0.3, -0.25) is 9.59 Å². The van der Waals surface area contributed by atoms with E-state index in [1.807, 2.05) is 0 Å². The summed E-state index contributed by atoms with van der Waals surface area (Å²) in [6.45, 7) is 0. The van der Waals surface area contributed by atoms with Crippen LogP contribution in [0.1, 0.15) is 28.3 Å². The SMILES string of the molecule is COC(=O)[C@@H](CC(=O)c1ccc(Br)cc1)c1cc(=O)oc2c(OC)c(OC)ccc12. The van der Waals surface area contributed by atoms with Gasteiger partial charge in [-0.1, -0.05) is 28.1 Å². The molecule has 0 saturated carbocycles. The monoisotopic (exact) mass is 474 g/mol. The van der Waals surface area contributed by atoms with Crippen molar-refractivity contribution in [2.75, 3.05) is 21.3 Å². The topological polar surface area (TPSA) is 92.0 Å². The summed E-state index contributed by atoms with van der Waals surface area (Å²) < 4.78 is 21.7. The number of fused-ring (bicyclic) bond motifs is 1. The van der Waals surface area contributed by atoms with Crippen LogP contribution in [0.5, 0.6) is 11.5 Å². The Hall–Kier alpha value is -3.13. The Morgan fingerprint density at radius 1 is 1.03 bits per heavy atom. The normalized spacial score (nSPS) is 11.7. The molecule has 0 aliphatic heterocycles. The second-order valence-electron chi connectivity index (χ2n) is 6.41. The van der Waals surface area contributed by atoms with E-state index in [-0.39, 0.29) is 23.5 Å². The fourth-order valence-electron chi connectivity index (χ4n) is 3.25. The summed E-state index contributed by atoms with van der Waals surface area (Å²) in [6.07, 6.45) is -0.179. The van der Waals surface area contributed by atoms with E-state index in [1.165, 1.54) is 27.4 Å². The molecule has 3 aromatic rings. The molecule has 0 bridgehead atoms. The maximum Gasteiger partial charge on any atom is 0.336 e. The van der Waals surface area contributed by atoms with Crippen LogP contribution in [0.3, 0.4) is 0 Å². The van der Waals surface area contributed by atoms with E-state index in [0.717, 1.165) is 4.47 Å². The molecule has 0 aliphatic carbocycles. The third kappa shape index (κ3) is 4.23. The number of ketones is 1. The summed E-state index contributed by atoms with van der Waals surface area (Å²) >= 11 is 3.32. The number of Topliss-reactive ketones (excluding diaryl/α,β-unsaturated/α-hetero) is 1. The third-order valence-electron chi connectivity index (χ3n) is 4.70. The summed E-state index contributed by atoms with van der Waals surface area (Å²) in [5, 5.41) is 0.450. The molecule has 0 radical (unpaired) electrons. The van der Waals surface area contributed by atoms with Crippen LogP contribution < -0.4 is 15.1 Å². The first-order valence-corrected chi connectivity index (χ1v) is 9.74. The van der Waals surface area contributed by atoms with Gasteiger partial charge < -0.3 is 18.6 Å². The number of carbonyl (C=O) groups excluding carboxylic acids is 2. The molecule has 7 nitrogen and oxygen atoms in total. The number of esters is 1. The largest absolute Gasteiger partial charge is 0.493 e. The zero-order valence-electron chi connectivity index (χ0n) is 16.6. The first-order valence-electron chi connectivity index (χ1n) is 8.95. The second kappa shape index (κ2) is 9.13. The number of benzene rings is 2. The highest BCUT2D eigenvalue weighted by molar-refractivity contribution is 9.10. The summed E-state index contributed by atoms with van der Waals surface area (Å²) in [5.41, 5.74) is 0.205. The van der Waals surface area contributed by atoms with Gasteiger partial charge in [0.25, 0.3) is 0 Å². The predicted octanol–water partition coefficient (Wildman–Crippen LogP) is 4.10. The molecule has 0 unspecified atom stereocenters. The highest BCUT2D eigenvalue weighted by Gasteiger charge is 2.29. The van der Waals surface area contributed by atoms with Gasteiger partial charge in [0.15, 0.2) is 17.1 Å². The van der Waals surface area contributed by atoms with Crippen LogP contribution in [0.15, 0.2) is 56.1 Å². The van der Waals surface area contributed by atoms with E-state index in [2.05, 4.69) is 15.9 Å². The fraction of sp³-hybridized carbons (Fsp3) is 0.227. The van der Waals surface area contributed by atoms with Crippen molar-refractivity contribution in [2.24, 2.45) is 0 Å². The van der Waals surface area contributed by atoms with E-state index in [4.69, 9.17) is 18.6 Å². The average molecular weight is 475 g/mol. The minimum absolute atomic E-state index is 0.129. The van der Waals surface area contributed by atoms with Crippen LogP contribution in [-0.4, -0.2) is 33.1 Å². The van der Waals surface area contributed by atoms with Gasteiger partial charge in [-0.15, -0.1) is 0 Å². The number of hydrogen-bond donors (Lipinski definition) is 0. The molecule has 3 rings (SSSR count). The molecular weight excluding hydrogens is 456 g/mol. The number of rotatable bonds is 7. The Morgan fingerprint density at radius 3 is 2.33 bits per heavy atom. The molecule has 0 spiro atoms. The summed E-state index contributed by atoms with van der Waals surface area (Å²) in [7, 11) is 4.11. The van der Waals surface area contributed by atoms with Crippen LogP contribution in [0, 0.1) is 0 Å². The van der Waals surface area contributed by atoms with Crippen molar-refractivity contribution >= 4 is 38.7 Å². The minimum atomic E-state index is -1.00. The summed E-state index contributed by atoms with van der Waals surface area (Å²) in [6, 6.07) is 11.3. The summed E-state index contributed by atoms with van der Waals surface area (Å²) in [4.78, 5) is 37.7. The Kier molecular flexibility index (Phi) is 6.56. The molecular formula is C22H19BrO7. The van der Waals surface area contributed by atoms with Crippen molar-refractivity contribution < 1.29 is 28.2 Å². The van der Waals surface area contributed by atoms with Gasteiger partial charge in [0.1, 0.15) is 0 Å². The Morgan fingerprint density at radius 2 is 1.73 bits per heavy atom. The molecule has 1 atom stereocenters. The molecule has 8 heteroatoms. The number of ether oxygens (including phenoxy) is 3. The van der Waals surface area contributed by atoms with Gasteiger partial charge in [0, 0.05) is 27.9 Å². The van der Waals surface area contributed by atoms with E-state index in [1.54, 1.807) is 36.4 Å². The van der Waals surface area contributed by atoms with Gasteiger partial charge in [0.05, 0.1) is 27.2 Å². The smallest absolute Gasteiger partial charge is 0.336 e. The van der Waals surface area contributed by atoms with Gasteiger partial charge >= 0.3 is 11.6 Å². The lowest BCUT2D eigenvalue weighted by Gasteiger charge is -2.17. The zero-order chi connectivity index (χ0) is 21.8. The van der Waals surface area contributed by atoms with Crippen molar-refractivity contribution in [3.8, 4) is 11.5 Å². The molecule has 0 aliphatic rings. The van der Waals surface area contributed by atoms with Gasteiger partial charge in [-0.25, -0.2) is 4.79 Å². The van der Waals surface area contributed by atoms with Crippen LogP contribution in [-0.2, 0) is 9.53 Å². The Labute approximate surface area is 180 Å². The van der Waals surface area contributed by atoms with Crippen LogP contribution in [0.4, 0.5) is 0 Å². The Bertz CT molecular complexity index is 1150. The standard InChI is InChI=1S/C22H19BrO7/c1-27-18-9-8-14-15(11-19(25)30-20(14)21(18)28-2)16(22(26)29-3)10-17(24)12-4-6-13(23)7-5-12/h4-9,11,16H,10H2,1-3H3/t16-/m0/s1. The van der Waals surface area contributed by atoms with Crippen molar-refractivity contribution in [3.05, 3.63) is 68.5 Å². The van der Waals surface area contributed by atoms with Gasteiger partial charge in [-0.05, 0) is 29.8 Å². The maximum absolute atomic E-state index is 12.8. The molecule has 1 heterocycles. The van der Waals surface area contributed by atoms with Crippen LogP contribution in [0.25, 0.3) is 11.0 Å². The molecule has 0 amide bonds. The number of hydrogen-bond acceptors (Lipinski definition) is 7. The van der Waals surface area contributed by atoms with Gasteiger partial charge in [0.2, 0.25) is 5.75 Å². The van der Waals surface area contributed by atoms with E-state index >= 15 is 0 Å². The lowest BCUT2D eigenvalue weighted by molar-refractivity contribution is -0.142. The minimum Gasteiger partial charge on any atom is -0.493 e. The van der Waals surface area contributed by atoms with Crippen LogP contribution in [0.2, 0.25) is 0 Å². The molecule has 2 aromatic carbocycles. The first kappa shape index (κ1) is 21.6. The molecule has 156 valence electrons. The van der Waals surface area contributed by atoms with Crippen molar-refractivity contribution in [1.82, 2.24) is 0 Å². The van der Waals surface area contributed by atoms with Crippen molar-refractivity contribution in [1.29, 1.82) is 0 Å². The zero-order valence-corrected chi connectivity index (χ0v) is 18.1. The molecule has 1 aromatic heterocycles. The predicted molar refractivity (Wildman–Crippen MR) is 113 cm³/mol. The maximum atomic E-state index is 12.8. The lowest BCUT2D eigenvalue weighted by atomic mass is 9.89. The Balaban J connectivity index is 2.14. The fourth-order valence-corrected chi connectivity index (χ4v) is 3.52. The molecule has 0 N–H and O–H groups in total. The van der Waals surface area contributed by atoms with Crippen LogP contribution >= 0.6 is 15.9 Å². The lowest BCUT2D eigenvalue weighted by Crippen LogP contribution is -2.20. The van der Waals surface area contributed by atoms with E-state index < -0.39 is 17.5 Å². The number of methoxy groups -OCH3 is 3. The highest BCUT2D eigenvalue weighted by Crippen LogP contribution is 2.38. The van der Waals surface area contributed by atoms with E-state index in [9.17, 15) is 14.4 Å². The van der Waals surface area contributed by atoms with Crippen molar-refractivity contribution in [2.45, 2.75) is 12.3 Å².